The van der Waals surface area contributed by atoms with Gasteiger partial charge in [-0.15, -0.1) is 0 Å². The van der Waals surface area contributed by atoms with Crippen molar-refractivity contribution >= 4 is 0 Å². The summed E-state index contributed by atoms with van der Waals surface area (Å²) in [7, 11) is 0. The van der Waals surface area contributed by atoms with Gasteiger partial charge in [0.15, 0.2) is 0 Å². The Balaban J connectivity index is 2.91. The minimum absolute atomic E-state index is 0.120. The minimum atomic E-state index is 0.120. The van der Waals surface area contributed by atoms with Crippen molar-refractivity contribution in [1.82, 2.24) is 0 Å². The van der Waals surface area contributed by atoms with Gasteiger partial charge < -0.3 is 9.84 Å². The standard InChI is InChI=1S/C20H41O2/c1-2-3-4-5-6-7-8-9-10-11-12-13-14-15-16-17-19-22-20-18-21/h19,21H,2-18,20H2,1H3. The van der Waals surface area contributed by atoms with E-state index in [1.165, 1.54) is 96.3 Å². The third-order valence-corrected chi connectivity index (χ3v) is 4.25. The summed E-state index contributed by atoms with van der Waals surface area (Å²) in [5.41, 5.74) is 0. The molecule has 0 rings (SSSR count). The molecule has 0 aliphatic rings. The molecule has 0 aliphatic carbocycles. The maximum absolute atomic E-state index is 8.56. The van der Waals surface area contributed by atoms with Crippen LogP contribution in [0.25, 0.3) is 0 Å². The van der Waals surface area contributed by atoms with Crippen molar-refractivity contribution < 1.29 is 9.84 Å². The van der Waals surface area contributed by atoms with Crippen LogP contribution in [0.2, 0.25) is 0 Å². The first-order valence-electron chi connectivity index (χ1n) is 9.96. The molecule has 0 saturated heterocycles. The van der Waals surface area contributed by atoms with E-state index in [-0.39, 0.29) is 6.61 Å². The molecule has 0 heterocycles. The Hall–Kier alpha value is -0.0800. The molecule has 0 unspecified atom stereocenters. The molecule has 0 amide bonds. The zero-order chi connectivity index (χ0) is 16.1. The zero-order valence-electron chi connectivity index (χ0n) is 15.2. The van der Waals surface area contributed by atoms with E-state index in [4.69, 9.17) is 9.84 Å². The molecule has 0 aromatic heterocycles. The molecule has 2 nitrogen and oxygen atoms in total. The fourth-order valence-electron chi connectivity index (χ4n) is 2.82. The highest BCUT2D eigenvalue weighted by molar-refractivity contribution is 4.53. The third-order valence-electron chi connectivity index (χ3n) is 4.25. The Labute approximate surface area is 140 Å². The maximum Gasteiger partial charge on any atom is 0.0837 e. The van der Waals surface area contributed by atoms with Crippen LogP contribution in [0.15, 0.2) is 0 Å². The van der Waals surface area contributed by atoms with Gasteiger partial charge in [-0.1, -0.05) is 103 Å². The van der Waals surface area contributed by atoms with Crippen LogP contribution in [0.3, 0.4) is 0 Å². The molecule has 1 radical (unpaired) electrons. The molecule has 2 heteroatoms. The Morgan fingerprint density at radius 2 is 1.05 bits per heavy atom. The van der Waals surface area contributed by atoms with Gasteiger partial charge in [-0.3, -0.25) is 0 Å². The first-order valence-corrected chi connectivity index (χ1v) is 9.96. The molecule has 133 valence electrons. The predicted molar refractivity (Wildman–Crippen MR) is 96.9 cm³/mol. The van der Waals surface area contributed by atoms with Crippen molar-refractivity contribution in [2.45, 2.75) is 110 Å². The van der Waals surface area contributed by atoms with Crippen molar-refractivity contribution in [3.05, 3.63) is 6.61 Å². The topological polar surface area (TPSA) is 29.5 Å². The van der Waals surface area contributed by atoms with Crippen LogP contribution in [0.1, 0.15) is 110 Å². The summed E-state index contributed by atoms with van der Waals surface area (Å²) in [4.78, 5) is 0. The summed E-state index contributed by atoms with van der Waals surface area (Å²) < 4.78 is 5.13. The van der Waals surface area contributed by atoms with Crippen LogP contribution in [0, 0.1) is 6.61 Å². The highest BCUT2D eigenvalue weighted by atomic mass is 16.5. The first-order chi connectivity index (χ1) is 10.9. The monoisotopic (exact) mass is 313 g/mol. The van der Waals surface area contributed by atoms with Gasteiger partial charge in [-0.25, -0.2) is 0 Å². The molecule has 0 aliphatic heterocycles. The van der Waals surface area contributed by atoms with E-state index in [0.717, 1.165) is 6.42 Å². The van der Waals surface area contributed by atoms with Crippen molar-refractivity contribution in [3.8, 4) is 0 Å². The van der Waals surface area contributed by atoms with Crippen molar-refractivity contribution in [2.75, 3.05) is 13.2 Å². The van der Waals surface area contributed by atoms with Crippen LogP contribution in [-0.4, -0.2) is 18.3 Å². The summed E-state index contributed by atoms with van der Waals surface area (Å²) in [5, 5.41) is 8.56. The van der Waals surface area contributed by atoms with Gasteiger partial charge in [0.2, 0.25) is 0 Å². The van der Waals surface area contributed by atoms with Crippen molar-refractivity contribution in [3.63, 3.8) is 0 Å². The van der Waals surface area contributed by atoms with Gasteiger partial charge in [0.25, 0.3) is 0 Å². The SMILES string of the molecule is CCCCCCCCCCCCCCCCC[CH]OCCO. The number of aliphatic hydroxyl groups is 1. The van der Waals surface area contributed by atoms with E-state index < -0.39 is 0 Å². The lowest BCUT2D eigenvalue weighted by Gasteiger charge is -2.04. The van der Waals surface area contributed by atoms with Gasteiger partial charge in [-0.2, -0.15) is 0 Å². The molecule has 0 spiro atoms. The number of hydrogen-bond donors (Lipinski definition) is 1. The number of rotatable bonds is 19. The van der Waals surface area contributed by atoms with Gasteiger partial charge in [0.05, 0.1) is 19.8 Å². The normalized spacial score (nSPS) is 11.2. The molecule has 0 atom stereocenters. The fourth-order valence-corrected chi connectivity index (χ4v) is 2.82. The van der Waals surface area contributed by atoms with E-state index >= 15 is 0 Å². The molecule has 22 heavy (non-hydrogen) atoms. The highest BCUT2D eigenvalue weighted by Gasteiger charge is 1.95. The molecule has 0 aromatic carbocycles. The van der Waals surface area contributed by atoms with E-state index in [1.54, 1.807) is 0 Å². The molecule has 0 bridgehead atoms. The quantitative estimate of drug-likeness (QED) is 0.279. The maximum atomic E-state index is 8.56. The third kappa shape index (κ3) is 19.9. The van der Waals surface area contributed by atoms with Gasteiger partial charge in [0, 0.05) is 0 Å². The van der Waals surface area contributed by atoms with Crippen molar-refractivity contribution in [2.24, 2.45) is 0 Å². The molecule has 0 fully saturated rings. The lowest BCUT2D eigenvalue weighted by molar-refractivity contribution is 0.132. The molecule has 1 N–H and O–H groups in total. The summed E-state index contributed by atoms with van der Waals surface area (Å²) in [6.45, 7) is 4.69. The summed E-state index contributed by atoms with van der Waals surface area (Å²) >= 11 is 0. The minimum Gasteiger partial charge on any atom is -0.394 e. The second-order valence-electron chi connectivity index (χ2n) is 6.50. The fraction of sp³-hybridized carbons (Fsp3) is 0.950. The van der Waals surface area contributed by atoms with Gasteiger partial charge in [-0.05, 0) is 6.42 Å². The Bertz CT molecular complexity index is 163. The second kappa shape index (κ2) is 20.9. The Kier molecular flexibility index (Phi) is 20.8. The van der Waals surface area contributed by atoms with E-state index in [0.29, 0.717) is 6.61 Å². The van der Waals surface area contributed by atoms with E-state index in [1.807, 2.05) is 6.61 Å². The molecular weight excluding hydrogens is 272 g/mol. The van der Waals surface area contributed by atoms with E-state index in [9.17, 15) is 0 Å². The first kappa shape index (κ1) is 21.9. The van der Waals surface area contributed by atoms with Gasteiger partial charge >= 0.3 is 0 Å². The van der Waals surface area contributed by atoms with Crippen LogP contribution in [0.4, 0.5) is 0 Å². The number of unbranched alkanes of at least 4 members (excludes halogenated alkanes) is 15. The average molecular weight is 314 g/mol. The molecule has 0 saturated carbocycles. The molecule has 0 aromatic rings. The summed E-state index contributed by atoms with van der Waals surface area (Å²) in [5.74, 6) is 0. The van der Waals surface area contributed by atoms with Crippen LogP contribution in [0.5, 0.6) is 0 Å². The molecular formula is C20H41O2. The predicted octanol–water partition coefficient (Wildman–Crippen LogP) is 6.42. The van der Waals surface area contributed by atoms with E-state index in [2.05, 4.69) is 6.92 Å². The lowest BCUT2D eigenvalue weighted by Crippen LogP contribution is -1.96. The van der Waals surface area contributed by atoms with Crippen LogP contribution < -0.4 is 0 Å². The second-order valence-corrected chi connectivity index (χ2v) is 6.50. The number of aliphatic hydroxyl groups excluding tert-OH is 1. The largest absolute Gasteiger partial charge is 0.394 e. The van der Waals surface area contributed by atoms with Crippen molar-refractivity contribution in [1.29, 1.82) is 0 Å². The summed E-state index contributed by atoms with van der Waals surface area (Å²) in [6, 6.07) is 0. The zero-order valence-corrected chi connectivity index (χ0v) is 15.2. The summed E-state index contributed by atoms with van der Waals surface area (Å²) in [6.07, 6.45) is 22.1. The Morgan fingerprint density at radius 3 is 1.45 bits per heavy atom. The Morgan fingerprint density at radius 1 is 0.636 bits per heavy atom. The lowest BCUT2D eigenvalue weighted by atomic mass is 10.0. The van der Waals surface area contributed by atoms with Crippen LogP contribution in [-0.2, 0) is 4.74 Å². The van der Waals surface area contributed by atoms with Crippen LogP contribution >= 0.6 is 0 Å². The smallest absolute Gasteiger partial charge is 0.0837 e. The highest BCUT2D eigenvalue weighted by Crippen LogP contribution is 2.13. The number of hydrogen-bond acceptors (Lipinski definition) is 2. The number of ether oxygens (including phenoxy) is 1. The average Bonchev–Trinajstić information content (AvgIpc) is 2.54. The van der Waals surface area contributed by atoms with Gasteiger partial charge in [0.1, 0.15) is 0 Å².